The monoisotopic (exact) mass is 911 g/mol. The van der Waals surface area contributed by atoms with Crippen molar-refractivity contribution in [3.63, 3.8) is 0 Å². The van der Waals surface area contributed by atoms with Gasteiger partial charge in [-0.1, -0.05) is 204 Å². The number of aliphatic hydroxyl groups is 2. The number of allylic oxidation sites excluding steroid dienone is 8. The van der Waals surface area contributed by atoms with Crippen LogP contribution in [0, 0.1) is 0 Å². The lowest BCUT2D eigenvalue weighted by molar-refractivity contribution is -0.161. The summed E-state index contributed by atoms with van der Waals surface area (Å²) in [7, 11) is -4.64. The molecule has 368 valence electrons. The van der Waals surface area contributed by atoms with Crippen LogP contribution in [0.2, 0.25) is 0 Å². The zero-order valence-electron chi connectivity index (χ0n) is 40.3. The lowest BCUT2D eigenvalue weighted by Crippen LogP contribution is -2.29. The molecule has 3 atom stereocenters. The number of hydrogen-bond acceptors (Lipinski definition) is 9. The molecule has 3 N–H and O–H groups in total. The Morgan fingerprint density at radius 3 is 1.25 bits per heavy atom. The molecule has 10 nitrogen and oxygen atoms in total. The number of phosphoric ester groups is 1. The molecule has 0 amide bonds. The molecule has 0 saturated heterocycles. The molecule has 0 heterocycles. The number of aliphatic hydroxyl groups excluding tert-OH is 2. The first-order chi connectivity index (χ1) is 30.7. The van der Waals surface area contributed by atoms with Gasteiger partial charge in [0.1, 0.15) is 12.7 Å². The Bertz CT molecular complexity index is 1190. The first-order valence-corrected chi connectivity index (χ1v) is 27.1. The molecule has 0 spiro atoms. The van der Waals surface area contributed by atoms with E-state index in [0.717, 1.165) is 32.1 Å². The van der Waals surface area contributed by atoms with E-state index in [1.54, 1.807) is 0 Å². The Kier molecular flexibility index (Phi) is 46.3. The number of esters is 2. The van der Waals surface area contributed by atoms with Crippen LogP contribution < -0.4 is 0 Å². The summed E-state index contributed by atoms with van der Waals surface area (Å²) < 4.78 is 32.7. The topological polar surface area (TPSA) is 149 Å². The molecule has 0 radical (unpaired) electrons. The van der Waals surface area contributed by atoms with Crippen molar-refractivity contribution in [1.82, 2.24) is 0 Å². The van der Waals surface area contributed by atoms with Crippen LogP contribution in [0.1, 0.15) is 232 Å². The zero-order chi connectivity index (χ0) is 46.2. The standard InChI is InChI=1S/C52H95O10P/c1-3-5-7-9-11-13-15-17-19-21-22-23-24-25-26-28-29-31-33-35-37-39-41-43-51(55)59-47-50(48-61-63(57,58)60-46-49(54)45-53)62-52(56)44-42-40-38-36-34-32-30-27-20-18-16-14-12-10-8-6-4-2/h18,20,30,32,35-38,49-50,53-54H,3-17,19,21-29,31,33-34,39-48H2,1-2H3,(H,57,58)/b20-18+,32-30+,37-35+,38-36+/t49-,50+/m1/s1. The third-order valence-corrected chi connectivity index (χ3v) is 11.9. The fourth-order valence-electron chi connectivity index (χ4n) is 7.01. The van der Waals surface area contributed by atoms with Crippen molar-refractivity contribution in [2.75, 3.05) is 26.4 Å². The first kappa shape index (κ1) is 60.9. The summed E-state index contributed by atoms with van der Waals surface area (Å²) in [5.74, 6) is -1.02. The van der Waals surface area contributed by atoms with Gasteiger partial charge in [0.15, 0.2) is 6.10 Å². The van der Waals surface area contributed by atoms with Crippen LogP contribution in [-0.2, 0) is 32.7 Å². The van der Waals surface area contributed by atoms with Crippen molar-refractivity contribution in [1.29, 1.82) is 0 Å². The number of unbranched alkanes of at least 4 members (excludes halogenated alkanes) is 26. The highest BCUT2D eigenvalue weighted by Crippen LogP contribution is 2.43. The van der Waals surface area contributed by atoms with Crippen molar-refractivity contribution < 1.29 is 47.8 Å². The summed E-state index contributed by atoms with van der Waals surface area (Å²) in [6.45, 7) is 2.32. The van der Waals surface area contributed by atoms with Gasteiger partial charge in [0.2, 0.25) is 0 Å². The van der Waals surface area contributed by atoms with Gasteiger partial charge >= 0.3 is 19.8 Å². The molecular weight excluding hydrogens is 816 g/mol. The summed E-state index contributed by atoms with van der Waals surface area (Å²) in [4.78, 5) is 35.1. The number of hydrogen-bond donors (Lipinski definition) is 3. The molecule has 0 aliphatic heterocycles. The van der Waals surface area contributed by atoms with Gasteiger partial charge in [0, 0.05) is 12.8 Å². The predicted molar refractivity (Wildman–Crippen MR) is 261 cm³/mol. The van der Waals surface area contributed by atoms with E-state index in [2.05, 4.69) is 56.4 Å². The quantitative estimate of drug-likeness (QED) is 0.0233. The number of carbonyl (C=O) groups is 2. The Balaban J connectivity index is 4.24. The summed E-state index contributed by atoms with van der Waals surface area (Å²) in [6, 6.07) is 0. The molecule has 0 bridgehead atoms. The minimum atomic E-state index is -4.64. The van der Waals surface area contributed by atoms with Gasteiger partial charge in [0.25, 0.3) is 0 Å². The highest BCUT2D eigenvalue weighted by atomic mass is 31.2. The van der Waals surface area contributed by atoms with Crippen molar-refractivity contribution in [2.45, 2.75) is 244 Å². The van der Waals surface area contributed by atoms with Gasteiger partial charge in [-0.3, -0.25) is 18.6 Å². The molecule has 0 aromatic heterocycles. The van der Waals surface area contributed by atoms with Gasteiger partial charge in [-0.05, 0) is 64.2 Å². The van der Waals surface area contributed by atoms with E-state index >= 15 is 0 Å². The second-order valence-electron chi connectivity index (χ2n) is 17.2. The van der Waals surface area contributed by atoms with Gasteiger partial charge in [-0.25, -0.2) is 4.57 Å². The molecule has 0 aliphatic rings. The van der Waals surface area contributed by atoms with E-state index in [9.17, 15) is 24.2 Å². The summed E-state index contributed by atoms with van der Waals surface area (Å²) in [5, 5.41) is 18.4. The molecule has 63 heavy (non-hydrogen) atoms. The Morgan fingerprint density at radius 1 is 0.476 bits per heavy atom. The van der Waals surface area contributed by atoms with E-state index in [1.165, 1.54) is 154 Å². The number of phosphoric acid groups is 1. The van der Waals surface area contributed by atoms with Crippen molar-refractivity contribution >= 4 is 19.8 Å². The lowest BCUT2D eigenvalue weighted by Gasteiger charge is -2.20. The zero-order valence-corrected chi connectivity index (χ0v) is 41.2. The van der Waals surface area contributed by atoms with Gasteiger partial charge in [0.05, 0.1) is 19.8 Å². The van der Waals surface area contributed by atoms with E-state index < -0.39 is 51.8 Å². The van der Waals surface area contributed by atoms with Crippen molar-refractivity contribution in [3.05, 3.63) is 48.6 Å². The highest BCUT2D eigenvalue weighted by molar-refractivity contribution is 7.47. The maximum Gasteiger partial charge on any atom is 0.472 e. The molecular formula is C52H95O10P. The largest absolute Gasteiger partial charge is 0.472 e. The van der Waals surface area contributed by atoms with Crippen LogP contribution in [0.4, 0.5) is 0 Å². The summed E-state index contributed by atoms with van der Waals surface area (Å²) in [6.07, 6.45) is 53.9. The van der Waals surface area contributed by atoms with Crippen molar-refractivity contribution in [2.24, 2.45) is 0 Å². The Morgan fingerprint density at radius 2 is 0.825 bits per heavy atom. The van der Waals surface area contributed by atoms with E-state index in [4.69, 9.17) is 23.6 Å². The molecule has 0 rings (SSSR count). The third kappa shape index (κ3) is 47.7. The number of rotatable bonds is 48. The molecule has 0 aromatic carbocycles. The van der Waals surface area contributed by atoms with Crippen LogP contribution in [0.15, 0.2) is 48.6 Å². The highest BCUT2D eigenvalue weighted by Gasteiger charge is 2.27. The lowest BCUT2D eigenvalue weighted by atomic mass is 10.0. The van der Waals surface area contributed by atoms with Crippen LogP contribution in [0.3, 0.4) is 0 Å². The Hall–Kier alpha value is -2.07. The smallest absolute Gasteiger partial charge is 0.462 e. The van der Waals surface area contributed by atoms with Crippen molar-refractivity contribution in [3.8, 4) is 0 Å². The second kappa shape index (κ2) is 47.9. The second-order valence-corrected chi connectivity index (χ2v) is 18.6. The average molecular weight is 911 g/mol. The van der Waals surface area contributed by atoms with Gasteiger partial charge in [-0.15, -0.1) is 0 Å². The molecule has 0 fully saturated rings. The van der Waals surface area contributed by atoms with Crippen LogP contribution >= 0.6 is 7.82 Å². The molecule has 1 unspecified atom stereocenters. The predicted octanol–water partition coefficient (Wildman–Crippen LogP) is 14.5. The minimum absolute atomic E-state index is 0.107. The normalized spacial score (nSPS) is 14.0. The fraction of sp³-hybridized carbons (Fsp3) is 0.808. The fourth-order valence-corrected chi connectivity index (χ4v) is 7.80. The van der Waals surface area contributed by atoms with E-state index in [1.807, 2.05) is 6.08 Å². The maximum absolute atomic E-state index is 12.6. The van der Waals surface area contributed by atoms with E-state index in [0.29, 0.717) is 19.3 Å². The Labute approximate surface area is 385 Å². The molecule has 11 heteroatoms. The SMILES string of the molecule is CCCCCCCC/C=C/C/C=C/C/C=C/CCCC(=O)O[C@@H](COC(=O)CCC/C=C/CCCCCCCCCCCCCCCCCCCC)COP(=O)(O)OC[C@H](O)CO. The number of carbonyl (C=O) groups excluding carboxylic acids is 2. The first-order valence-electron chi connectivity index (χ1n) is 25.6. The van der Waals surface area contributed by atoms with Crippen LogP contribution in [0.25, 0.3) is 0 Å². The molecule has 0 aliphatic carbocycles. The van der Waals surface area contributed by atoms with Gasteiger partial charge < -0.3 is 24.6 Å². The van der Waals surface area contributed by atoms with Gasteiger partial charge in [-0.2, -0.15) is 0 Å². The number of ether oxygens (including phenoxy) is 2. The summed E-state index contributed by atoms with van der Waals surface area (Å²) in [5.41, 5.74) is 0. The minimum Gasteiger partial charge on any atom is -0.462 e. The third-order valence-electron chi connectivity index (χ3n) is 11.0. The molecule has 0 saturated carbocycles. The maximum atomic E-state index is 12.6. The van der Waals surface area contributed by atoms with Crippen LogP contribution in [0.5, 0.6) is 0 Å². The molecule has 0 aromatic rings. The van der Waals surface area contributed by atoms with E-state index in [-0.39, 0.29) is 19.4 Å². The summed E-state index contributed by atoms with van der Waals surface area (Å²) >= 11 is 0. The average Bonchev–Trinajstić information content (AvgIpc) is 3.27. The van der Waals surface area contributed by atoms with Crippen LogP contribution in [-0.4, -0.2) is 65.7 Å².